The topological polar surface area (TPSA) is 114 Å². The number of rotatable bonds is 6. The molecule has 25 heavy (non-hydrogen) atoms. The zero-order valence-corrected chi connectivity index (χ0v) is 20.1. The van der Waals surface area contributed by atoms with Crippen LogP contribution in [0.4, 0.5) is 0 Å². The number of unbranched alkanes of at least 4 members (excludes halogenated alkanes) is 2. The number of hydrogen-bond acceptors (Lipinski definition) is 6. The molecule has 0 fully saturated rings. The predicted molar refractivity (Wildman–Crippen MR) is 83.1 cm³/mol. The Morgan fingerprint density at radius 1 is 0.880 bits per heavy atom. The molecule has 2 aromatic carbocycles. The Hall–Kier alpha value is 0.520. The number of aryl methyl sites for hydroxylation is 1. The molecule has 0 aromatic heterocycles. The zero-order valence-electron chi connectivity index (χ0n) is 14.5. The van der Waals surface area contributed by atoms with E-state index in [1.165, 1.54) is 18.2 Å². The molecular formula is C15H16Na2O6S2. The maximum atomic E-state index is 11.6. The minimum Gasteiger partial charge on any atom is -0.744 e. The molecule has 0 heterocycles. The molecule has 0 unspecified atom stereocenters. The van der Waals surface area contributed by atoms with Gasteiger partial charge in [-0.15, -0.1) is 0 Å². The van der Waals surface area contributed by atoms with Crippen LogP contribution in [0.1, 0.15) is 31.7 Å². The van der Waals surface area contributed by atoms with Crippen molar-refractivity contribution in [2.45, 2.75) is 42.4 Å². The van der Waals surface area contributed by atoms with Crippen molar-refractivity contribution in [2.75, 3.05) is 0 Å². The molecule has 10 heteroatoms. The summed E-state index contributed by atoms with van der Waals surface area (Å²) in [4.78, 5) is -1.83. The Labute approximate surface area is 192 Å². The molecule has 6 nitrogen and oxygen atoms in total. The fourth-order valence-electron chi connectivity index (χ4n) is 2.62. The van der Waals surface area contributed by atoms with Crippen LogP contribution in [0.25, 0.3) is 10.8 Å². The monoisotopic (exact) mass is 402 g/mol. The Bertz CT molecular complexity index is 940. The van der Waals surface area contributed by atoms with E-state index in [-0.39, 0.29) is 76.5 Å². The van der Waals surface area contributed by atoms with E-state index in [2.05, 4.69) is 0 Å². The standard InChI is InChI=1S/C15H18O6S2.2Na/c1-2-3-4-8-12-10-11-7-5-6-9-13(11)15(23(19,20)21)14(12)22(16,17)18;;/h5-7,9-10H,2-4,8H2,1H3,(H,16,17,18)(H,19,20,21);;/q;2*+1/p-2. The number of hydrogen-bond donors (Lipinski definition) is 0. The summed E-state index contributed by atoms with van der Waals surface area (Å²) in [7, 11) is -10.2. The SMILES string of the molecule is CCCCCc1cc2ccccc2c(S(=O)(=O)[O-])c1S(=O)(=O)[O-].[Na+].[Na+]. The van der Waals surface area contributed by atoms with Crippen LogP contribution >= 0.6 is 0 Å². The fraction of sp³-hybridized carbons (Fsp3) is 0.333. The molecule has 2 aromatic rings. The van der Waals surface area contributed by atoms with E-state index in [1.807, 2.05) is 6.92 Å². The maximum absolute atomic E-state index is 11.6. The summed E-state index contributed by atoms with van der Waals surface area (Å²) in [6, 6.07) is 7.50. The second-order valence-corrected chi connectivity index (χ2v) is 7.91. The summed E-state index contributed by atoms with van der Waals surface area (Å²) < 4.78 is 69.8. The Morgan fingerprint density at radius 2 is 1.44 bits per heavy atom. The van der Waals surface area contributed by atoms with Gasteiger partial charge in [0.05, 0.1) is 9.79 Å². The van der Waals surface area contributed by atoms with E-state index >= 15 is 0 Å². The summed E-state index contributed by atoms with van der Waals surface area (Å²) in [5.41, 5.74) is 0.0848. The average Bonchev–Trinajstić information content (AvgIpc) is 2.44. The molecule has 0 bridgehead atoms. The Kier molecular flexibility index (Phi) is 10.4. The van der Waals surface area contributed by atoms with Gasteiger partial charge in [0.15, 0.2) is 0 Å². The molecule has 126 valence electrons. The molecule has 0 saturated carbocycles. The molecular weight excluding hydrogens is 386 g/mol. The summed E-state index contributed by atoms with van der Waals surface area (Å²) in [5, 5.41) is 0.372. The van der Waals surface area contributed by atoms with Gasteiger partial charge in [0.25, 0.3) is 0 Å². The smallest absolute Gasteiger partial charge is 0.744 e. The first-order valence-electron chi connectivity index (χ1n) is 7.12. The van der Waals surface area contributed by atoms with Gasteiger partial charge in [-0.25, -0.2) is 16.8 Å². The fourth-order valence-corrected chi connectivity index (χ4v) is 4.87. The van der Waals surface area contributed by atoms with Crippen molar-refractivity contribution in [3.05, 3.63) is 35.9 Å². The van der Waals surface area contributed by atoms with Gasteiger partial charge < -0.3 is 9.11 Å². The Morgan fingerprint density at radius 3 is 1.96 bits per heavy atom. The molecule has 0 atom stereocenters. The predicted octanol–water partition coefficient (Wildman–Crippen LogP) is -3.61. The first-order valence-corrected chi connectivity index (χ1v) is 9.94. The van der Waals surface area contributed by atoms with Crippen molar-refractivity contribution in [3.8, 4) is 0 Å². The molecule has 0 N–H and O–H groups in total. The first kappa shape index (κ1) is 25.5. The zero-order chi connectivity index (χ0) is 17.3. The van der Waals surface area contributed by atoms with Crippen LogP contribution in [0, 0.1) is 0 Å². The van der Waals surface area contributed by atoms with Gasteiger partial charge in [-0.3, -0.25) is 0 Å². The third-order valence-corrected chi connectivity index (χ3v) is 5.60. The van der Waals surface area contributed by atoms with Crippen LogP contribution in [0.15, 0.2) is 40.1 Å². The van der Waals surface area contributed by atoms with Crippen LogP contribution in [-0.4, -0.2) is 25.9 Å². The normalized spacial score (nSPS) is 11.6. The number of benzene rings is 2. The molecule has 0 radical (unpaired) electrons. The average molecular weight is 402 g/mol. The van der Waals surface area contributed by atoms with Crippen LogP contribution in [0.5, 0.6) is 0 Å². The van der Waals surface area contributed by atoms with Gasteiger partial charge in [0.2, 0.25) is 0 Å². The summed E-state index contributed by atoms with van der Waals surface area (Å²) in [5.74, 6) is 0. The van der Waals surface area contributed by atoms with Crippen LogP contribution in [0.2, 0.25) is 0 Å². The van der Waals surface area contributed by atoms with Gasteiger partial charge >= 0.3 is 59.1 Å². The summed E-state index contributed by atoms with van der Waals surface area (Å²) in [6.07, 6.45) is 2.48. The molecule has 0 saturated heterocycles. The minimum atomic E-state index is -5.13. The van der Waals surface area contributed by atoms with Gasteiger partial charge in [-0.05, 0) is 29.9 Å². The largest absolute Gasteiger partial charge is 1.00 e. The van der Waals surface area contributed by atoms with Crippen molar-refractivity contribution < 1.29 is 85.1 Å². The van der Waals surface area contributed by atoms with Gasteiger partial charge in [-0.1, -0.05) is 44.0 Å². The third-order valence-electron chi connectivity index (χ3n) is 3.58. The molecule has 2 rings (SSSR count). The van der Waals surface area contributed by atoms with Crippen molar-refractivity contribution in [1.29, 1.82) is 0 Å². The summed E-state index contributed by atoms with van der Waals surface area (Å²) in [6.45, 7) is 1.96. The van der Waals surface area contributed by atoms with E-state index in [0.717, 1.165) is 12.8 Å². The van der Waals surface area contributed by atoms with Crippen molar-refractivity contribution in [2.24, 2.45) is 0 Å². The Balaban J connectivity index is 0.00000288. The third kappa shape index (κ3) is 6.27. The quantitative estimate of drug-likeness (QED) is 0.280. The van der Waals surface area contributed by atoms with E-state index in [4.69, 9.17) is 0 Å². The molecule has 0 aliphatic heterocycles. The molecule has 0 amide bonds. The van der Waals surface area contributed by atoms with Gasteiger partial charge in [-0.2, -0.15) is 0 Å². The van der Waals surface area contributed by atoms with E-state index in [0.29, 0.717) is 11.8 Å². The maximum Gasteiger partial charge on any atom is 1.00 e. The first-order chi connectivity index (χ1) is 10.7. The van der Waals surface area contributed by atoms with E-state index < -0.39 is 30.0 Å². The van der Waals surface area contributed by atoms with Crippen molar-refractivity contribution in [3.63, 3.8) is 0 Å². The van der Waals surface area contributed by atoms with Gasteiger partial charge in [0.1, 0.15) is 20.2 Å². The van der Waals surface area contributed by atoms with Crippen LogP contribution < -0.4 is 59.1 Å². The van der Waals surface area contributed by atoms with E-state index in [9.17, 15) is 25.9 Å². The summed E-state index contributed by atoms with van der Waals surface area (Å²) >= 11 is 0. The van der Waals surface area contributed by atoms with Crippen molar-refractivity contribution >= 4 is 31.0 Å². The minimum absolute atomic E-state index is 0. The van der Waals surface area contributed by atoms with Gasteiger partial charge in [0, 0.05) is 5.39 Å². The molecule has 0 aliphatic carbocycles. The molecule has 0 spiro atoms. The second-order valence-electron chi connectivity index (χ2n) is 5.28. The van der Waals surface area contributed by atoms with Crippen LogP contribution in [-0.2, 0) is 26.7 Å². The van der Waals surface area contributed by atoms with E-state index in [1.54, 1.807) is 12.1 Å². The number of fused-ring (bicyclic) bond motifs is 1. The second kappa shape index (κ2) is 10.2. The van der Waals surface area contributed by atoms with Crippen LogP contribution in [0.3, 0.4) is 0 Å². The molecule has 0 aliphatic rings. The van der Waals surface area contributed by atoms with Crippen molar-refractivity contribution in [1.82, 2.24) is 0 Å².